The molecule has 0 aliphatic carbocycles. The standard InChI is InChI=1S/C26H39O3P/c1-3-5-7-9-11-15-23-17-13-19-25(21-23)28-30(27)29-26-20-14-18-24(22-26)16-12-10-8-6-4-2/h13-14,17-22,27H,3-12,15-16H2,1-2H3. The Bertz CT molecular complexity index is 645. The normalized spacial score (nSPS) is 11.1. The minimum absolute atomic E-state index is 0.668. The van der Waals surface area contributed by atoms with E-state index in [0.717, 1.165) is 12.8 Å². The molecule has 30 heavy (non-hydrogen) atoms. The van der Waals surface area contributed by atoms with Crippen LogP contribution in [0.15, 0.2) is 48.5 Å². The van der Waals surface area contributed by atoms with Crippen LogP contribution in [-0.4, -0.2) is 4.89 Å². The Labute approximate surface area is 184 Å². The van der Waals surface area contributed by atoms with Gasteiger partial charge in [-0.2, -0.15) is 0 Å². The van der Waals surface area contributed by atoms with Crippen molar-refractivity contribution in [2.24, 2.45) is 0 Å². The zero-order chi connectivity index (χ0) is 21.4. The molecule has 166 valence electrons. The average molecular weight is 431 g/mol. The lowest BCUT2D eigenvalue weighted by Crippen LogP contribution is -1.96. The number of benzene rings is 2. The minimum Gasteiger partial charge on any atom is -0.418 e. The Hall–Kier alpha value is -1.57. The van der Waals surface area contributed by atoms with Crippen LogP contribution < -0.4 is 9.05 Å². The summed E-state index contributed by atoms with van der Waals surface area (Å²) in [5.74, 6) is 1.34. The number of aryl methyl sites for hydroxylation is 2. The monoisotopic (exact) mass is 430 g/mol. The molecule has 2 aromatic carbocycles. The van der Waals surface area contributed by atoms with Crippen LogP contribution in [-0.2, 0) is 12.8 Å². The molecule has 0 heterocycles. The van der Waals surface area contributed by atoms with Gasteiger partial charge in [0.25, 0.3) is 0 Å². The summed E-state index contributed by atoms with van der Waals surface area (Å²) in [6.45, 7) is 4.47. The summed E-state index contributed by atoms with van der Waals surface area (Å²) >= 11 is 0. The highest BCUT2D eigenvalue weighted by atomic mass is 31.2. The van der Waals surface area contributed by atoms with Crippen LogP contribution in [0.5, 0.6) is 11.5 Å². The minimum atomic E-state index is -2.00. The van der Waals surface area contributed by atoms with E-state index < -0.39 is 8.60 Å². The maximum Gasteiger partial charge on any atom is 0.460 e. The summed E-state index contributed by atoms with van der Waals surface area (Å²) in [4.78, 5) is 10.3. The predicted molar refractivity (Wildman–Crippen MR) is 128 cm³/mol. The molecule has 3 nitrogen and oxygen atoms in total. The molecule has 0 fully saturated rings. The van der Waals surface area contributed by atoms with Crippen LogP contribution in [0.4, 0.5) is 0 Å². The Morgan fingerprint density at radius 3 is 1.50 bits per heavy atom. The van der Waals surface area contributed by atoms with Gasteiger partial charge in [0, 0.05) is 0 Å². The van der Waals surface area contributed by atoms with E-state index in [1.807, 2.05) is 36.4 Å². The van der Waals surface area contributed by atoms with E-state index in [4.69, 9.17) is 9.05 Å². The van der Waals surface area contributed by atoms with Crippen molar-refractivity contribution in [3.8, 4) is 11.5 Å². The maximum atomic E-state index is 10.3. The second-order valence-corrected chi connectivity index (χ2v) is 8.88. The maximum absolute atomic E-state index is 10.3. The molecule has 0 spiro atoms. The van der Waals surface area contributed by atoms with Crippen LogP contribution >= 0.6 is 8.60 Å². The van der Waals surface area contributed by atoms with E-state index in [1.54, 1.807) is 0 Å². The molecule has 0 radical (unpaired) electrons. The van der Waals surface area contributed by atoms with Gasteiger partial charge in [0.1, 0.15) is 11.5 Å². The lowest BCUT2D eigenvalue weighted by Gasteiger charge is -2.14. The first kappa shape index (κ1) is 24.7. The van der Waals surface area contributed by atoms with Crippen LogP contribution in [0, 0.1) is 0 Å². The van der Waals surface area contributed by atoms with Gasteiger partial charge in [-0.15, -0.1) is 0 Å². The fraction of sp³-hybridized carbons (Fsp3) is 0.538. The first-order valence-electron chi connectivity index (χ1n) is 11.7. The third kappa shape index (κ3) is 10.5. The second kappa shape index (κ2) is 15.3. The van der Waals surface area contributed by atoms with Gasteiger partial charge in [0.05, 0.1) is 0 Å². The number of unbranched alkanes of at least 4 members (excludes halogenated alkanes) is 8. The smallest absolute Gasteiger partial charge is 0.418 e. The molecule has 0 aromatic heterocycles. The molecule has 0 aliphatic heterocycles. The molecule has 0 saturated carbocycles. The van der Waals surface area contributed by atoms with Crippen molar-refractivity contribution in [1.82, 2.24) is 0 Å². The molecule has 0 unspecified atom stereocenters. The van der Waals surface area contributed by atoms with Crippen LogP contribution in [0.25, 0.3) is 0 Å². The molecule has 0 bridgehead atoms. The third-order valence-corrected chi connectivity index (χ3v) is 6.04. The van der Waals surface area contributed by atoms with E-state index in [2.05, 4.69) is 26.0 Å². The van der Waals surface area contributed by atoms with Crippen molar-refractivity contribution in [3.63, 3.8) is 0 Å². The van der Waals surface area contributed by atoms with Gasteiger partial charge in [0.2, 0.25) is 0 Å². The summed E-state index contributed by atoms with van der Waals surface area (Å²) in [6, 6.07) is 16.0. The Morgan fingerprint density at radius 2 is 1.07 bits per heavy atom. The van der Waals surface area contributed by atoms with Gasteiger partial charge >= 0.3 is 8.60 Å². The first-order chi connectivity index (χ1) is 14.7. The van der Waals surface area contributed by atoms with E-state index in [-0.39, 0.29) is 0 Å². The van der Waals surface area contributed by atoms with Crippen molar-refractivity contribution >= 4 is 8.60 Å². The van der Waals surface area contributed by atoms with Crippen molar-refractivity contribution in [1.29, 1.82) is 0 Å². The third-order valence-electron chi connectivity index (χ3n) is 5.30. The van der Waals surface area contributed by atoms with Crippen molar-refractivity contribution in [3.05, 3.63) is 59.7 Å². The SMILES string of the molecule is CCCCCCCc1cccc(OP(O)Oc2cccc(CCCCCCC)c2)c1. The average Bonchev–Trinajstić information content (AvgIpc) is 2.74. The van der Waals surface area contributed by atoms with Crippen LogP contribution in [0.1, 0.15) is 89.2 Å². The van der Waals surface area contributed by atoms with E-state index in [0.29, 0.717) is 11.5 Å². The quantitative estimate of drug-likeness (QED) is 0.215. The molecule has 2 aromatic rings. The largest absolute Gasteiger partial charge is 0.460 e. The number of hydrogen-bond acceptors (Lipinski definition) is 3. The van der Waals surface area contributed by atoms with E-state index >= 15 is 0 Å². The van der Waals surface area contributed by atoms with Gasteiger partial charge in [0.15, 0.2) is 0 Å². The molecule has 4 heteroatoms. The summed E-state index contributed by atoms with van der Waals surface area (Å²) in [5.41, 5.74) is 2.50. The highest BCUT2D eigenvalue weighted by molar-refractivity contribution is 7.41. The van der Waals surface area contributed by atoms with Crippen molar-refractivity contribution in [2.45, 2.75) is 90.9 Å². The lowest BCUT2D eigenvalue weighted by molar-refractivity contribution is 0.381. The Morgan fingerprint density at radius 1 is 0.633 bits per heavy atom. The topological polar surface area (TPSA) is 38.7 Å². The summed E-state index contributed by atoms with van der Waals surface area (Å²) in [7, 11) is -2.00. The van der Waals surface area contributed by atoms with Gasteiger partial charge in [-0.1, -0.05) is 89.5 Å². The highest BCUT2D eigenvalue weighted by Crippen LogP contribution is 2.37. The number of rotatable bonds is 16. The fourth-order valence-electron chi connectivity index (χ4n) is 3.58. The Kier molecular flexibility index (Phi) is 12.6. The Balaban J connectivity index is 1.77. The molecular weight excluding hydrogens is 391 g/mol. The zero-order valence-corrected chi connectivity index (χ0v) is 19.7. The van der Waals surface area contributed by atoms with Crippen LogP contribution in [0.2, 0.25) is 0 Å². The lowest BCUT2D eigenvalue weighted by atomic mass is 10.1. The van der Waals surface area contributed by atoms with Crippen molar-refractivity contribution < 1.29 is 13.9 Å². The predicted octanol–water partition coefficient (Wildman–Crippen LogP) is 8.39. The van der Waals surface area contributed by atoms with Crippen molar-refractivity contribution in [2.75, 3.05) is 0 Å². The van der Waals surface area contributed by atoms with Gasteiger partial charge in [-0.05, 0) is 61.1 Å². The molecule has 0 aliphatic rings. The fourth-order valence-corrected chi connectivity index (χ4v) is 4.20. The highest BCUT2D eigenvalue weighted by Gasteiger charge is 2.12. The first-order valence-corrected chi connectivity index (χ1v) is 12.9. The second-order valence-electron chi connectivity index (χ2n) is 8.04. The molecule has 0 atom stereocenters. The summed E-state index contributed by atoms with van der Waals surface area (Å²) < 4.78 is 11.3. The summed E-state index contributed by atoms with van der Waals surface area (Å²) in [5, 5.41) is 0. The van der Waals surface area contributed by atoms with E-state index in [1.165, 1.54) is 75.3 Å². The molecule has 0 saturated heterocycles. The molecular formula is C26H39O3P. The molecule has 0 amide bonds. The number of hydrogen-bond donors (Lipinski definition) is 1. The van der Waals surface area contributed by atoms with E-state index in [9.17, 15) is 4.89 Å². The zero-order valence-electron chi connectivity index (χ0n) is 18.8. The van der Waals surface area contributed by atoms with Gasteiger partial charge in [-0.25, -0.2) is 0 Å². The van der Waals surface area contributed by atoms with Gasteiger partial charge in [-0.3, -0.25) is 0 Å². The molecule has 2 rings (SSSR count). The van der Waals surface area contributed by atoms with Crippen LogP contribution in [0.3, 0.4) is 0 Å². The summed E-state index contributed by atoms with van der Waals surface area (Å²) in [6.07, 6.45) is 14.8. The molecule has 1 N–H and O–H groups in total. The van der Waals surface area contributed by atoms with Gasteiger partial charge < -0.3 is 13.9 Å².